The minimum Gasteiger partial charge on any atom is -0.494 e. The van der Waals surface area contributed by atoms with Gasteiger partial charge in [0.05, 0.1) is 11.5 Å². The summed E-state index contributed by atoms with van der Waals surface area (Å²) in [5.41, 5.74) is 0. The van der Waals surface area contributed by atoms with Gasteiger partial charge in [-0.15, -0.1) is 0 Å². The second kappa shape index (κ2) is 7.79. The van der Waals surface area contributed by atoms with Crippen LogP contribution in [0, 0.1) is 0 Å². The van der Waals surface area contributed by atoms with Gasteiger partial charge in [-0.1, -0.05) is 0 Å². The second-order valence-electron chi connectivity index (χ2n) is 4.82. The number of hydrogen-bond acceptors (Lipinski definition) is 5. The van der Waals surface area contributed by atoms with Crippen LogP contribution in [0.15, 0.2) is 29.2 Å². The number of benzene rings is 1. The molecular formula is C14H19NO6S. The van der Waals surface area contributed by atoms with E-state index in [9.17, 15) is 18.0 Å². The third-order valence-corrected chi connectivity index (χ3v) is 3.95. The quantitative estimate of drug-likeness (QED) is 0.684. The summed E-state index contributed by atoms with van der Waals surface area (Å²) in [5.74, 6) is -0.937. The van der Waals surface area contributed by atoms with E-state index in [1.165, 1.54) is 19.1 Å². The number of carbonyl (C=O) groups is 2. The summed E-state index contributed by atoms with van der Waals surface area (Å²) in [5, 5.41) is 11.0. The monoisotopic (exact) mass is 329 g/mol. The SMILES string of the molecule is C[C@H](NC(=O)CCCOc1ccc(S(C)(=O)=O)cc1)C(=O)O. The molecule has 0 aliphatic carbocycles. The Morgan fingerprint density at radius 2 is 1.86 bits per heavy atom. The number of sulfone groups is 1. The molecule has 0 fully saturated rings. The van der Waals surface area contributed by atoms with E-state index in [4.69, 9.17) is 9.84 Å². The smallest absolute Gasteiger partial charge is 0.325 e. The van der Waals surface area contributed by atoms with Crippen LogP contribution in [0.4, 0.5) is 0 Å². The van der Waals surface area contributed by atoms with Gasteiger partial charge in [0.25, 0.3) is 0 Å². The molecule has 1 rings (SSSR count). The molecule has 7 nitrogen and oxygen atoms in total. The predicted octanol–water partition coefficient (Wildman–Crippen LogP) is 0.838. The molecule has 1 aromatic rings. The normalized spacial score (nSPS) is 12.5. The number of carboxylic acids is 1. The van der Waals surface area contributed by atoms with Crippen LogP contribution in [0.5, 0.6) is 5.75 Å². The second-order valence-corrected chi connectivity index (χ2v) is 6.84. The lowest BCUT2D eigenvalue weighted by Crippen LogP contribution is -2.38. The van der Waals surface area contributed by atoms with E-state index in [2.05, 4.69) is 5.32 Å². The van der Waals surface area contributed by atoms with Crippen molar-refractivity contribution in [3.63, 3.8) is 0 Å². The summed E-state index contributed by atoms with van der Waals surface area (Å²) in [6.45, 7) is 1.66. The van der Waals surface area contributed by atoms with Gasteiger partial charge in [0.2, 0.25) is 5.91 Å². The average molecular weight is 329 g/mol. The molecule has 1 aromatic carbocycles. The van der Waals surface area contributed by atoms with Crippen molar-refractivity contribution in [2.75, 3.05) is 12.9 Å². The molecular weight excluding hydrogens is 310 g/mol. The van der Waals surface area contributed by atoms with Crippen molar-refractivity contribution in [1.29, 1.82) is 0 Å². The number of rotatable bonds is 8. The van der Waals surface area contributed by atoms with Crippen LogP contribution >= 0.6 is 0 Å². The summed E-state index contributed by atoms with van der Waals surface area (Å²) in [4.78, 5) is 22.2. The standard InChI is InChI=1S/C14H19NO6S/c1-10(14(17)18)15-13(16)4-3-9-21-11-5-7-12(8-6-11)22(2,19)20/h5-8,10H,3-4,9H2,1-2H3,(H,15,16)(H,17,18)/t10-/m0/s1. The number of amides is 1. The fourth-order valence-corrected chi connectivity index (χ4v) is 2.21. The predicted molar refractivity (Wildman–Crippen MR) is 79.5 cm³/mol. The van der Waals surface area contributed by atoms with Gasteiger partial charge in [-0.2, -0.15) is 0 Å². The number of carboxylic acid groups (broad SMARTS) is 1. The third-order valence-electron chi connectivity index (χ3n) is 2.82. The van der Waals surface area contributed by atoms with E-state index in [-0.39, 0.29) is 23.8 Å². The molecule has 0 aromatic heterocycles. The lowest BCUT2D eigenvalue weighted by molar-refractivity contribution is -0.141. The molecule has 1 amide bonds. The van der Waals surface area contributed by atoms with E-state index in [1.54, 1.807) is 12.1 Å². The third kappa shape index (κ3) is 6.13. The van der Waals surface area contributed by atoms with Gasteiger partial charge in [-0.25, -0.2) is 8.42 Å². The number of ether oxygens (including phenoxy) is 1. The van der Waals surface area contributed by atoms with Crippen molar-refractivity contribution in [2.45, 2.75) is 30.7 Å². The van der Waals surface area contributed by atoms with Crippen molar-refractivity contribution in [2.24, 2.45) is 0 Å². The molecule has 8 heteroatoms. The molecule has 0 aliphatic heterocycles. The number of hydrogen-bond donors (Lipinski definition) is 2. The van der Waals surface area contributed by atoms with Gasteiger partial charge < -0.3 is 15.2 Å². The maximum absolute atomic E-state index is 11.4. The van der Waals surface area contributed by atoms with Crippen LogP contribution in [0.25, 0.3) is 0 Å². The van der Waals surface area contributed by atoms with Gasteiger partial charge in [0, 0.05) is 12.7 Å². The molecule has 0 saturated heterocycles. The molecule has 0 heterocycles. The van der Waals surface area contributed by atoms with Crippen molar-refractivity contribution in [1.82, 2.24) is 5.32 Å². The van der Waals surface area contributed by atoms with Gasteiger partial charge >= 0.3 is 5.97 Å². The Morgan fingerprint density at radius 3 is 2.36 bits per heavy atom. The Balaban J connectivity index is 2.33. The van der Waals surface area contributed by atoms with E-state index in [1.807, 2.05) is 0 Å². The fourth-order valence-electron chi connectivity index (χ4n) is 1.58. The van der Waals surface area contributed by atoms with Crippen LogP contribution in [0.2, 0.25) is 0 Å². The number of nitrogens with one attached hydrogen (secondary N) is 1. The Hall–Kier alpha value is -2.09. The molecule has 0 saturated carbocycles. The topological polar surface area (TPSA) is 110 Å². The van der Waals surface area contributed by atoms with Crippen LogP contribution in [-0.2, 0) is 19.4 Å². The largest absolute Gasteiger partial charge is 0.494 e. The van der Waals surface area contributed by atoms with Gasteiger partial charge in [-0.05, 0) is 37.6 Å². The molecule has 22 heavy (non-hydrogen) atoms. The van der Waals surface area contributed by atoms with Crippen molar-refractivity contribution < 1.29 is 27.9 Å². The summed E-state index contributed by atoms with van der Waals surface area (Å²) >= 11 is 0. The maximum Gasteiger partial charge on any atom is 0.325 e. The highest BCUT2D eigenvalue weighted by Crippen LogP contribution is 2.16. The average Bonchev–Trinajstić information content (AvgIpc) is 2.43. The van der Waals surface area contributed by atoms with Crippen LogP contribution < -0.4 is 10.1 Å². The van der Waals surface area contributed by atoms with E-state index in [0.717, 1.165) is 6.26 Å². The zero-order valence-corrected chi connectivity index (χ0v) is 13.2. The highest BCUT2D eigenvalue weighted by atomic mass is 32.2. The molecule has 2 N–H and O–H groups in total. The zero-order chi connectivity index (χ0) is 16.8. The maximum atomic E-state index is 11.4. The summed E-state index contributed by atoms with van der Waals surface area (Å²) < 4.78 is 28.0. The van der Waals surface area contributed by atoms with Crippen molar-refractivity contribution in [3.8, 4) is 5.75 Å². The van der Waals surface area contributed by atoms with E-state index >= 15 is 0 Å². The van der Waals surface area contributed by atoms with E-state index in [0.29, 0.717) is 12.2 Å². The first-order valence-electron chi connectivity index (χ1n) is 6.65. The molecule has 0 spiro atoms. The zero-order valence-electron chi connectivity index (χ0n) is 12.4. The molecule has 0 bridgehead atoms. The minimum absolute atomic E-state index is 0.152. The highest BCUT2D eigenvalue weighted by Gasteiger charge is 2.13. The Labute approximate surface area is 129 Å². The van der Waals surface area contributed by atoms with Crippen LogP contribution in [0.1, 0.15) is 19.8 Å². The summed E-state index contributed by atoms with van der Waals surface area (Å²) in [6, 6.07) is 5.07. The fraction of sp³-hybridized carbons (Fsp3) is 0.429. The molecule has 122 valence electrons. The number of aliphatic carboxylic acids is 1. The van der Waals surface area contributed by atoms with Crippen molar-refractivity contribution >= 4 is 21.7 Å². The first-order chi connectivity index (χ1) is 10.2. The number of carbonyl (C=O) groups excluding carboxylic acids is 1. The van der Waals surface area contributed by atoms with Gasteiger partial charge in [0.15, 0.2) is 9.84 Å². The van der Waals surface area contributed by atoms with Gasteiger partial charge in [0.1, 0.15) is 11.8 Å². The first-order valence-corrected chi connectivity index (χ1v) is 8.54. The molecule has 0 unspecified atom stereocenters. The van der Waals surface area contributed by atoms with E-state index < -0.39 is 21.8 Å². The molecule has 0 aliphatic rings. The van der Waals surface area contributed by atoms with Crippen LogP contribution in [-0.4, -0.2) is 44.3 Å². The van der Waals surface area contributed by atoms with Crippen LogP contribution in [0.3, 0.4) is 0 Å². The summed E-state index contributed by atoms with van der Waals surface area (Å²) in [6.07, 6.45) is 1.70. The Bertz CT molecular complexity index is 623. The van der Waals surface area contributed by atoms with Gasteiger partial charge in [-0.3, -0.25) is 9.59 Å². The highest BCUT2D eigenvalue weighted by molar-refractivity contribution is 7.90. The molecule has 1 atom stereocenters. The molecule has 0 radical (unpaired) electrons. The minimum atomic E-state index is -3.23. The first kappa shape index (κ1) is 18.0. The lowest BCUT2D eigenvalue weighted by atomic mass is 10.2. The Kier molecular flexibility index (Phi) is 6.36. The Morgan fingerprint density at radius 1 is 1.27 bits per heavy atom. The lowest BCUT2D eigenvalue weighted by Gasteiger charge is -2.10. The summed E-state index contributed by atoms with van der Waals surface area (Å²) in [7, 11) is -3.23. The van der Waals surface area contributed by atoms with Crippen molar-refractivity contribution in [3.05, 3.63) is 24.3 Å².